The number of benzene rings is 1. The lowest BCUT2D eigenvalue weighted by Crippen LogP contribution is -2.26. The molecular formula is C15H18N2O. The number of carbonyl (C=O) groups is 1. The molecule has 2 fully saturated rings. The standard InChI is InChI=1S/C15H18N2O/c1-11-3-5-12(6-4-11)10-16-17-14(18)13-9-15(13)7-2-8-15/h3-6,10,13H,2,7-9H2,1H3,(H,17,18)/b16-10-/t13-/m0/s1. The van der Waals surface area contributed by atoms with Gasteiger partial charge in [-0.05, 0) is 37.2 Å². The Morgan fingerprint density at radius 2 is 2.11 bits per heavy atom. The number of hydrogen-bond acceptors (Lipinski definition) is 2. The molecule has 3 rings (SSSR count). The van der Waals surface area contributed by atoms with Gasteiger partial charge in [0.25, 0.3) is 0 Å². The van der Waals surface area contributed by atoms with Gasteiger partial charge in [0.05, 0.1) is 6.21 Å². The highest BCUT2D eigenvalue weighted by Gasteiger charge is 2.60. The molecule has 1 amide bonds. The summed E-state index contributed by atoms with van der Waals surface area (Å²) < 4.78 is 0. The summed E-state index contributed by atoms with van der Waals surface area (Å²) in [6, 6.07) is 8.06. The Balaban J connectivity index is 1.52. The molecule has 18 heavy (non-hydrogen) atoms. The van der Waals surface area contributed by atoms with Crippen molar-refractivity contribution < 1.29 is 4.79 Å². The van der Waals surface area contributed by atoms with Crippen molar-refractivity contribution in [3.63, 3.8) is 0 Å². The smallest absolute Gasteiger partial charge is 0.243 e. The number of rotatable bonds is 3. The second kappa shape index (κ2) is 4.23. The fourth-order valence-electron chi connectivity index (χ4n) is 2.80. The number of carbonyl (C=O) groups excluding carboxylic acids is 1. The van der Waals surface area contributed by atoms with Crippen molar-refractivity contribution in [2.75, 3.05) is 0 Å². The maximum atomic E-state index is 11.8. The maximum absolute atomic E-state index is 11.8. The number of nitrogens with one attached hydrogen (secondary N) is 1. The minimum absolute atomic E-state index is 0.0954. The third-order valence-corrected chi connectivity index (χ3v) is 4.32. The number of nitrogens with zero attached hydrogens (tertiary/aromatic N) is 1. The Kier molecular flexibility index (Phi) is 2.69. The van der Waals surface area contributed by atoms with Crippen molar-refractivity contribution in [3.05, 3.63) is 35.4 Å². The number of aryl methyl sites for hydroxylation is 1. The van der Waals surface area contributed by atoms with Crippen LogP contribution in [0, 0.1) is 18.3 Å². The average Bonchev–Trinajstić information content (AvgIpc) is 3.07. The fraction of sp³-hybridized carbons (Fsp3) is 0.467. The molecule has 2 aliphatic carbocycles. The Hall–Kier alpha value is -1.64. The van der Waals surface area contributed by atoms with Crippen LogP contribution in [0.4, 0.5) is 0 Å². The first-order valence-corrected chi connectivity index (χ1v) is 6.59. The highest BCUT2D eigenvalue weighted by molar-refractivity contribution is 5.85. The van der Waals surface area contributed by atoms with Crippen LogP contribution in [0.15, 0.2) is 29.4 Å². The van der Waals surface area contributed by atoms with Gasteiger partial charge in [0, 0.05) is 5.92 Å². The Bertz CT molecular complexity index is 486. The maximum Gasteiger partial charge on any atom is 0.243 e. The van der Waals surface area contributed by atoms with Crippen LogP contribution in [-0.2, 0) is 4.79 Å². The quantitative estimate of drug-likeness (QED) is 0.642. The van der Waals surface area contributed by atoms with Gasteiger partial charge >= 0.3 is 0 Å². The molecule has 0 aromatic heterocycles. The summed E-state index contributed by atoms with van der Waals surface area (Å²) in [5.74, 6) is 0.319. The van der Waals surface area contributed by atoms with Gasteiger partial charge < -0.3 is 0 Å². The van der Waals surface area contributed by atoms with Crippen molar-refractivity contribution in [3.8, 4) is 0 Å². The molecule has 1 spiro atoms. The lowest BCUT2D eigenvalue weighted by molar-refractivity contribution is -0.123. The summed E-state index contributed by atoms with van der Waals surface area (Å²) in [5, 5.41) is 4.03. The highest BCUT2D eigenvalue weighted by atomic mass is 16.2. The molecule has 94 valence electrons. The number of hydrazone groups is 1. The van der Waals surface area contributed by atoms with Gasteiger partial charge in [-0.1, -0.05) is 36.2 Å². The average molecular weight is 242 g/mol. The van der Waals surface area contributed by atoms with E-state index in [1.165, 1.54) is 24.8 Å². The topological polar surface area (TPSA) is 41.5 Å². The molecule has 3 nitrogen and oxygen atoms in total. The first kappa shape index (κ1) is 11.5. The van der Waals surface area contributed by atoms with E-state index in [0.29, 0.717) is 5.41 Å². The molecule has 0 radical (unpaired) electrons. The molecule has 2 aliphatic rings. The molecule has 1 N–H and O–H groups in total. The first-order valence-electron chi connectivity index (χ1n) is 6.59. The van der Waals surface area contributed by atoms with E-state index in [0.717, 1.165) is 12.0 Å². The zero-order chi connectivity index (χ0) is 12.6. The summed E-state index contributed by atoms with van der Waals surface area (Å²) in [6.45, 7) is 2.05. The molecule has 1 aromatic carbocycles. The van der Waals surface area contributed by atoms with Gasteiger partial charge in [-0.3, -0.25) is 4.79 Å². The van der Waals surface area contributed by atoms with Crippen molar-refractivity contribution in [1.29, 1.82) is 0 Å². The molecule has 0 bridgehead atoms. The van der Waals surface area contributed by atoms with Crippen LogP contribution in [0.25, 0.3) is 0 Å². The minimum atomic E-state index is 0.0954. The number of hydrogen-bond donors (Lipinski definition) is 1. The fourth-order valence-corrected chi connectivity index (χ4v) is 2.80. The van der Waals surface area contributed by atoms with Gasteiger partial charge in [-0.15, -0.1) is 0 Å². The Morgan fingerprint density at radius 3 is 2.67 bits per heavy atom. The molecule has 0 unspecified atom stereocenters. The second-order valence-corrected chi connectivity index (χ2v) is 5.62. The van der Waals surface area contributed by atoms with E-state index in [1.807, 2.05) is 31.2 Å². The molecule has 3 heteroatoms. The molecule has 0 aliphatic heterocycles. The van der Waals surface area contributed by atoms with E-state index < -0.39 is 0 Å². The van der Waals surface area contributed by atoms with Crippen LogP contribution in [0.5, 0.6) is 0 Å². The monoisotopic (exact) mass is 242 g/mol. The zero-order valence-corrected chi connectivity index (χ0v) is 10.6. The van der Waals surface area contributed by atoms with Crippen LogP contribution < -0.4 is 5.43 Å². The van der Waals surface area contributed by atoms with Crippen molar-refractivity contribution in [2.45, 2.75) is 32.6 Å². The van der Waals surface area contributed by atoms with E-state index in [1.54, 1.807) is 6.21 Å². The van der Waals surface area contributed by atoms with Crippen molar-refractivity contribution in [2.24, 2.45) is 16.4 Å². The van der Waals surface area contributed by atoms with Gasteiger partial charge in [-0.2, -0.15) is 5.10 Å². The second-order valence-electron chi connectivity index (χ2n) is 5.62. The molecule has 1 aromatic rings. The predicted molar refractivity (Wildman–Crippen MR) is 71.3 cm³/mol. The van der Waals surface area contributed by atoms with Gasteiger partial charge in [-0.25, -0.2) is 5.43 Å². The van der Waals surface area contributed by atoms with Gasteiger partial charge in [0.2, 0.25) is 5.91 Å². The van der Waals surface area contributed by atoms with E-state index in [2.05, 4.69) is 10.5 Å². The normalized spacial score (nSPS) is 23.9. The van der Waals surface area contributed by atoms with Crippen LogP contribution in [0.1, 0.15) is 36.8 Å². The van der Waals surface area contributed by atoms with E-state index >= 15 is 0 Å². The summed E-state index contributed by atoms with van der Waals surface area (Å²) >= 11 is 0. The summed E-state index contributed by atoms with van der Waals surface area (Å²) in [6.07, 6.45) is 6.52. The van der Waals surface area contributed by atoms with Crippen LogP contribution in [-0.4, -0.2) is 12.1 Å². The summed E-state index contributed by atoms with van der Waals surface area (Å²) in [5.41, 5.74) is 5.27. The molecular weight excluding hydrogens is 224 g/mol. The van der Waals surface area contributed by atoms with Crippen molar-refractivity contribution >= 4 is 12.1 Å². The van der Waals surface area contributed by atoms with E-state index in [9.17, 15) is 4.79 Å². The zero-order valence-electron chi connectivity index (χ0n) is 10.6. The largest absolute Gasteiger partial charge is 0.273 e. The van der Waals surface area contributed by atoms with E-state index in [4.69, 9.17) is 0 Å². The van der Waals surface area contributed by atoms with Gasteiger partial charge in [0.1, 0.15) is 0 Å². The van der Waals surface area contributed by atoms with Crippen LogP contribution in [0.3, 0.4) is 0 Å². The Labute approximate surface area is 107 Å². The molecule has 2 saturated carbocycles. The predicted octanol–water partition coefficient (Wildman–Crippen LogP) is 2.64. The highest BCUT2D eigenvalue weighted by Crippen LogP contribution is 2.65. The Morgan fingerprint density at radius 1 is 1.39 bits per heavy atom. The molecule has 0 saturated heterocycles. The first-order chi connectivity index (χ1) is 8.70. The van der Waals surface area contributed by atoms with Crippen molar-refractivity contribution in [1.82, 2.24) is 5.43 Å². The number of amides is 1. The van der Waals surface area contributed by atoms with Crippen LogP contribution in [0.2, 0.25) is 0 Å². The van der Waals surface area contributed by atoms with Gasteiger partial charge in [0.15, 0.2) is 0 Å². The van der Waals surface area contributed by atoms with Crippen LogP contribution >= 0.6 is 0 Å². The third-order valence-electron chi connectivity index (χ3n) is 4.32. The lowest BCUT2D eigenvalue weighted by atomic mass is 9.80. The third kappa shape index (κ3) is 2.05. The summed E-state index contributed by atoms with van der Waals surface area (Å²) in [7, 11) is 0. The molecule has 0 heterocycles. The van der Waals surface area contributed by atoms with E-state index in [-0.39, 0.29) is 11.8 Å². The lowest BCUT2D eigenvalue weighted by Gasteiger charge is -2.25. The molecule has 1 atom stereocenters. The summed E-state index contributed by atoms with van der Waals surface area (Å²) in [4.78, 5) is 11.8. The minimum Gasteiger partial charge on any atom is -0.273 e. The SMILES string of the molecule is Cc1ccc(/C=N\NC(=O)[C@@H]2CC23CCC3)cc1.